The maximum absolute atomic E-state index is 12.4. The van der Waals surface area contributed by atoms with Crippen molar-refractivity contribution in [3.63, 3.8) is 0 Å². The lowest BCUT2D eigenvalue weighted by Crippen LogP contribution is -2.29. The molecule has 0 spiro atoms. The molecular formula is C19H11ClN4O3. The number of fused-ring (bicyclic) bond motifs is 1. The molecule has 0 aliphatic carbocycles. The van der Waals surface area contributed by atoms with Crippen LogP contribution in [0.15, 0.2) is 60.9 Å². The van der Waals surface area contributed by atoms with Gasteiger partial charge in [0, 0.05) is 5.56 Å². The molecule has 1 aromatic heterocycles. The van der Waals surface area contributed by atoms with Crippen LogP contribution in [0.4, 0.5) is 11.4 Å². The number of aromatic nitrogens is 2. The molecule has 2 heterocycles. The van der Waals surface area contributed by atoms with E-state index in [0.717, 1.165) is 4.90 Å². The average molecular weight is 379 g/mol. The third-order valence-corrected chi connectivity index (χ3v) is 4.44. The number of rotatable bonds is 3. The van der Waals surface area contributed by atoms with Crippen molar-refractivity contribution in [2.45, 2.75) is 0 Å². The van der Waals surface area contributed by atoms with Gasteiger partial charge < -0.3 is 5.32 Å². The first-order valence-corrected chi connectivity index (χ1v) is 8.29. The predicted molar refractivity (Wildman–Crippen MR) is 99.0 cm³/mol. The molecule has 132 valence electrons. The highest BCUT2D eigenvalue weighted by molar-refractivity contribution is 6.34. The number of para-hydroxylation sites is 1. The van der Waals surface area contributed by atoms with E-state index in [0.29, 0.717) is 22.0 Å². The summed E-state index contributed by atoms with van der Waals surface area (Å²) in [5, 5.41) is 10.4. The predicted octanol–water partition coefficient (Wildman–Crippen LogP) is 3.18. The Bertz CT molecular complexity index is 1050. The van der Waals surface area contributed by atoms with Gasteiger partial charge in [-0.2, -0.15) is 10.2 Å². The van der Waals surface area contributed by atoms with Crippen LogP contribution in [0.3, 0.4) is 0 Å². The van der Waals surface area contributed by atoms with Crippen LogP contribution in [-0.4, -0.2) is 27.9 Å². The van der Waals surface area contributed by atoms with Crippen LogP contribution in [0.25, 0.3) is 0 Å². The third-order valence-electron chi connectivity index (χ3n) is 4.11. The van der Waals surface area contributed by atoms with Crippen molar-refractivity contribution >= 4 is 40.7 Å². The van der Waals surface area contributed by atoms with Gasteiger partial charge in [0.05, 0.1) is 39.9 Å². The number of nitrogens with zero attached hydrogens (tertiary/aromatic N) is 3. The van der Waals surface area contributed by atoms with Gasteiger partial charge in [-0.1, -0.05) is 23.7 Å². The van der Waals surface area contributed by atoms with Gasteiger partial charge in [-0.25, -0.2) is 4.90 Å². The third kappa shape index (κ3) is 2.94. The van der Waals surface area contributed by atoms with Crippen molar-refractivity contribution in [3.05, 3.63) is 82.6 Å². The normalized spacial score (nSPS) is 12.9. The number of amides is 3. The number of hydrogen-bond donors (Lipinski definition) is 1. The molecule has 0 saturated heterocycles. The van der Waals surface area contributed by atoms with Crippen LogP contribution < -0.4 is 10.2 Å². The van der Waals surface area contributed by atoms with Crippen LogP contribution in [0.1, 0.15) is 31.1 Å². The smallest absolute Gasteiger partial charge is 0.267 e. The minimum absolute atomic E-state index is 0.204. The van der Waals surface area contributed by atoms with Crippen molar-refractivity contribution in [3.8, 4) is 0 Å². The summed E-state index contributed by atoms with van der Waals surface area (Å²) in [5.41, 5.74) is 1.62. The van der Waals surface area contributed by atoms with Gasteiger partial charge >= 0.3 is 0 Å². The molecule has 7 nitrogen and oxygen atoms in total. The molecule has 1 aliphatic heterocycles. The van der Waals surface area contributed by atoms with Crippen LogP contribution in [0.5, 0.6) is 0 Å². The lowest BCUT2D eigenvalue weighted by molar-refractivity contribution is 0.0925. The maximum Gasteiger partial charge on any atom is 0.267 e. The zero-order valence-corrected chi connectivity index (χ0v) is 14.5. The van der Waals surface area contributed by atoms with Crippen molar-refractivity contribution in [1.29, 1.82) is 0 Å². The standard InChI is InChI=1S/C19H11ClN4O3/c20-15-3-1-2-4-16(15)23-17(25)11-5-7-12(8-6-11)24-18(26)13-9-21-22-10-14(13)19(24)27/h1-10H,(H,23,25). The largest absolute Gasteiger partial charge is 0.321 e. The summed E-state index contributed by atoms with van der Waals surface area (Å²) in [7, 11) is 0. The monoisotopic (exact) mass is 378 g/mol. The van der Waals surface area contributed by atoms with Gasteiger partial charge in [0.2, 0.25) is 0 Å². The average Bonchev–Trinajstić information content (AvgIpc) is 2.95. The van der Waals surface area contributed by atoms with Crippen LogP contribution in [0.2, 0.25) is 5.02 Å². The number of nitrogens with one attached hydrogen (secondary N) is 1. The zero-order chi connectivity index (χ0) is 19.0. The summed E-state index contributed by atoms with van der Waals surface area (Å²) in [6.07, 6.45) is 2.53. The van der Waals surface area contributed by atoms with Crippen molar-refractivity contribution in [2.75, 3.05) is 10.2 Å². The molecule has 0 unspecified atom stereocenters. The summed E-state index contributed by atoms with van der Waals surface area (Å²) in [5.74, 6) is -1.30. The first kappa shape index (κ1) is 16.9. The Morgan fingerprint density at radius 1 is 0.889 bits per heavy atom. The van der Waals surface area contributed by atoms with Crippen LogP contribution in [-0.2, 0) is 0 Å². The summed E-state index contributed by atoms with van der Waals surface area (Å²) in [6.45, 7) is 0. The molecule has 2 aromatic carbocycles. The highest BCUT2D eigenvalue weighted by atomic mass is 35.5. The minimum atomic E-state index is -0.474. The van der Waals surface area contributed by atoms with Gasteiger partial charge in [0.15, 0.2) is 0 Å². The van der Waals surface area contributed by atoms with Gasteiger partial charge in [0.25, 0.3) is 17.7 Å². The number of hydrogen-bond acceptors (Lipinski definition) is 5. The lowest BCUT2D eigenvalue weighted by atomic mass is 10.1. The Morgan fingerprint density at radius 2 is 1.48 bits per heavy atom. The molecule has 1 N–H and O–H groups in total. The molecule has 3 amide bonds. The Balaban J connectivity index is 1.57. The number of benzene rings is 2. The fourth-order valence-corrected chi connectivity index (χ4v) is 2.93. The first-order chi connectivity index (χ1) is 13.1. The van der Waals surface area contributed by atoms with E-state index in [2.05, 4.69) is 15.5 Å². The van der Waals surface area contributed by atoms with E-state index in [-0.39, 0.29) is 17.0 Å². The van der Waals surface area contributed by atoms with E-state index >= 15 is 0 Å². The SMILES string of the molecule is O=C(Nc1ccccc1Cl)c1ccc(N2C(=O)c3cnncc3C2=O)cc1. The second kappa shape index (κ2) is 6.62. The van der Waals surface area contributed by atoms with Gasteiger partial charge in [-0.3, -0.25) is 14.4 Å². The van der Waals surface area contributed by atoms with Gasteiger partial charge in [-0.15, -0.1) is 0 Å². The number of carbonyl (C=O) groups is 3. The molecule has 0 bridgehead atoms. The van der Waals surface area contributed by atoms with Crippen molar-refractivity contribution in [2.24, 2.45) is 0 Å². The molecule has 4 rings (SSSR count). The molecule has 0 saturated carbocycles. The minimum Gasteiger partial charge on any atom is -0.321 e. The Hall–Kier alpha value is -3.58. The second-order valence-corrected chi connectivity index (χ2v) is 6.15. The van der Waals surface area contributed by atoms with E-state index < -0.39 is 11.8 Å². The number of anilines is 2. The Kier molecular flexibility index (Phi) is 4.13. The fraction of sp³-hybridized carbons (Fsp3) is 0. The molecule has 3 aromatic rings. The molecule has 0 fully saturated rings. The summed E-state index contributed by atoms with van der Waals surface area (Å²) < 4.78 is 0. The molecular weight excluding hydrogens is 368 g/mol. The molecule has 1 aliphatic rings. The second-order valence-electron chi connectivity index (χ2n) is 5.74. The van der Waals surface area contributed by atoms with E-state index in [1.54, 1.807) is 24.3 Å². The quantitative estimate of drug-likeness (QED) is 0.706. The number of carbonyl (C=O) groups excluding carboxylic acids is 3. The van der Waals surface area contributed by atoms with E-state index in [4.69, 9.17) is 11.6 Å². The Labute approximate surface area is 158 Å². The van der Waals surface area contributed by atoms with E-state index in [1.165, 1.54) is 36.7 Å². The number of imide groups is 1. The molecule has 27 heavy (non-hydrogen) atoms. The van der Waals surface area contributed by atoms with Gasteiger partial charge in [-0.05, 0) is 36.4 Å². The highest BCUT2D eigenvalue weighted by Crippen LogP contribution is 2.28. The molecule has 0 atom stereocenters. The van der Waals surface area contributed by atoms with Crippen LogP contribution >= 0.6 is 11.6 Å². The van der Waals surface area contributed by atoms with E-state index in [9.17, 15) is 14.4 Å². The maximum atomic E-state index is 12.4. The summed E-state index contributed by atoms with van der Waals surface area (Å²) >= 11 is 6.04. The summed E-state index contributed by atoms with van der Waals surface area (Å²) in [4.78, 5) is 38.3. The number of halogens is 1. The molecule has 0 radical (unpaired) electrons. The summed E-state index contributed by atoms with van der Waals surface area (Å²) in [6, 6.07) is 13.0. The van der Waals surface area contributed by atoms with Crippen molar-refractivity contribution < 1.29 is 14.4 Å². The topological polar surface area (TPSA) is 92.3 Å². The van der Waals surface area contributed by atoms with Gasteiger partial charge in [0.1, 0.15) is 0 Å². The Morgan fingerprint density at radius 3 is 2.07 bits per heavy atom. The van der Waals surface area contributed by atoms with Crippen LogP contribution in [0, 0.1) is 0 Å². The highest BCUT2D eigenvalue weighted by Gasteiger charge is 2.37. The van der Waals surface area contributed by atoms with E-state index in [1.807, 2.05) is 0 Å². The van der Waals surface area contributed by atoms with Crippen molar-refractivity contribution in [1.82, 2.24) is 10.2 Å². The first-order valence-electron chi connectivity index (χ1n) is 7.91. The molecule has 8 heteroatoms. The zero-order valence-electron chi connectivity index (χ0n) is 13.7. The fourth-order valence-electron chi connectivity index (χ4n) is 2.75. The lowest BCUT2D eigenvalue weighted by Gasteiger charge is -2.14.